The lowest BCUT2D eigenvalue weighted by molar-refractivity contribution is -0.174. The van der Waals surface area contributed by atoms with E-state index >= 15 is 0 Å². The van der Waals surface area contributed by atoms with Crippen LogP contribution >= 0.6 is 0 Å². The molecule has 28 heavy (non-hydrogen) atoms. The SMILES string of the molecule is O=C(CC[C@@H]1CCCO1)N1CCC([C@@H]2C[C@H](C(F)(F)F)n3ncnc3N2)CC1. The molecule has 3 atom stereocenters. The summed E-state index contributed by atoms with van der Waals surface area (Å²) in [7, 11) is 0. The maximum atomic E-state index is 13.4. The van der Waals surface area contributed by atoms with E-state index in [1.54, 1.807) is 0 Å². The minimum absolute atomic E-state index is 0.0580. The van der Waals surface area contributed by atoms with E-state index in [9.17, 15) is 18.0 Å². The Balaban J connectivity index is 1.30. The van der Waals surface area contributed by atoms with Crippen molar-refractivity contribution in [1.29, 1.82) is 0 Å². The number of carbonyl (C=O) groups is 1. The summed E-state index contributed by atoms with van der Waals surface area (Å²) in [6, 6.07) is -1.96. The third-order valence-corrected chi connectivity index (χ3v) is 6.20. The average molecular weight is 401 g/mol. The predicted molar refractivity (Wildman–Crippen MR) is 94.7 cm³/mol. The number of likely N-dealkylation sites (tertiary alicyclic amines) is 1. The largest absolute Gasteiger partial charge is 0.411 e. The average Bonchev–Trinajstić information content (AvgIpc) is 3.36. The van der Waals surface area contributed by atoms with Crippen molar-refractivity contribution >= 4 is 11.9 Å². The van der Waals surface area contributed by atoms with Crippen molar-refractivity contribution in [1.82, 2.24) is 19.7 Å². The molecule has 4 rings (SSSR count). The van der Waals surface area contributed by atoms with Crippen molar-refractivity contribution in [2.45, 2.75) is 69.3 Å². The van der Waals surface area contributed by atoms with Gasteiger partial charge in [-0.1, -0.05) is 0 Å². The summed E-state index contributed by atoms with van der Waals surface area (Å²) in [6.45, 7) is 1.97. The number of aromatic nitrogens is 3. The Labute approximate surface area is 161 Å². The number of nitrogens with one attached hydrogen (secondary N) is 1. The molecule has 1 aromatic heterocycles. The molecule has 2 fully saturated rings. The Morgan fingerprint density at radius 1 is 1.29 bits per heavy atom. The Kier molecular flexibility index (Phi) is 5.48. The second kappa shape index (κ2) is 7.88. The van der Waals surface area contributed by atoms with Gasteiger partial charge in [0.1, 0.15) is 6.33 Å². The first-order valence-electron chi connectivity index (χ1n) is 10.0. The molecule has 0 aliphatic carbocycles. The summed E-state index contributed by atoms with van der Waals surface area (Å²) < 4.78 is 46.8. The molecule has 0 bridgehead atoms. The number of nitrogens with zero attached hydrogens (tertiary/aromatic N) is 4. The van der Waals surface area contributed by atoms with E-state index in [1.807, 2.05) is 4.90 Å². The van der Waals surface area contributed by atoms with Gasteiger partial charge in [-0.2, -0.15) is 23.3 Å². The molecule has 2 saturated heterocycles. The van der Waals surface area contributed by atoms with Gasteiger partial charge in [-0.15, -0.1) is 0 Å². The van der Waals surface area contributed by atoms with E-state index < -0.39 is 12.2 Å². The lowest BCUT2D eigenvalue weighted by atomic mass is 9.85. The third kappa shape index (κ3) is 4.11. The number of alkyl halides is 3. The Hall–Kier alpha value is -1.84. The van der Waals surface area contributed by atoms with E-state index in [4.69, 9.17) is 4.74 Å². The number of piperidine rings is 1. The van der Waals surface area contributed by atoms with Crippen LogP contribution in [0, 0.1) is 5.92 Å². The lowest BCUT2D eigenvalue weighted by Crippen LogP contribution is -2.47. The van der Waals surface area contributed by atoms with E-state index in [-0.39, 0.29) is 36.3 Å². The fourth-order valence-electron chi connectivity index (χ4n) is 4.59. The standard InChI is InChI=1S/C18H26F3N5O2/c19-18(20,21)15-10-14(24-17-22-11-23-26(15)17)12-5-7-25(8-6-12)16(27)4-3-13-2-1-9-28-13/h11-15H,1-10H2,(H,22,23,24)/t13-,14-,15+/m0/s1. The molecule has 10 heteroatoms. The highest BCUT2D eigenvalue weighted by Gasteiger charge is 2.48. The summed E-state index contributed by atoms with van der Waals surface area (Å²) in [6.07, 6.45) is 1.65. The summed E-state index contributed by atoms with van der Waals surface area (Å²) in [5.74, 6) is 0.379. The van der Waals surface area contributed by atoms with Crippen LogP contribution in [0.4, 0.5) is 19.1 Å². The molecule has 3 aliphatic heterocycles. The first kappa shape index (κ1) is 19.5. The van der Waals surface area contributed by atoms with Crippen LogP contribution in [0.5, 0.6) is 0 Å². The van der Waals surface area contributed by atoms with E-state index in [2.05, 4.69) is 15.4 Å². The zero-order chi connectivity index (χ0) is 19.7. The molecule has 1 N–H and O–H groups in total. The smallest absolute Gasteiger partial charge is 0.378 e. The topological polar surface area (TPSA) is 72.3 Å². The fourth-order valence-corrected chi connectivity index (χ4v) is 4.59. The van der Waals surface area contributed by atoms with Crippen LogP contribution in [-0.4, -0.2) is 63.6 Å². The van der Waals surface area contributed by atoms with Crippen LogP contribution in [0.3, 0.4) is 0 Å². The predicted octanol–water partition coefficient (Wildman–Crippen LogP) is 2.76. The van der Waals surface area contributed by atoms with Crippen molar-refractivity contribution in [3.63, 3.8) is 0 Å². The molecule has 4 heterocycles. The van der Waals surface area contributed by atoms with E-state index in [0.717, 1.165) is 36.9 Å². The lowest BCUT2D eigenvalue weighted by Gasteiger charge is -2.40. The van der Waals surface area contributed by atoms with Gasteiger partial charge in [0.15, 0.2) is 6.04 Å². The molecule has 3 aliphatic rings. The number of hydrogen-bond donors (Lipinski definition) is 1. The van der Waals surface area contributed by atoms with Crippen LogP contribution in [0.2, 0.25) is 0 Å². The van der Waals surface area contributed by atoms with Gasteiger partial charge in [0, 0.05) is 32.2 Å². The summed E-state index contributed by atoms with van der Waals surface area (Å²) in [4.78, 5) is 18.2. The molecular weight excluding hydrogens is 375 g/mol. The first-order valence-corrected chi connectivity index (χ1v) is 10.0. The van der Waals surface area contributed by atoms with Gasteiger partial charge in [0.05, 0.1) is 6.10 Å². The van der Waals surface area contributed by atoms with Crippen molar-refractivity contribution in [3.05, 3.63) is 6.33 Å². The number of hydrogen-bond acceptors (Lipinski definition) is 5. The van der Waals surface area contributed by atoms with E-state index in [1.165, 1.54) is 0 Å². The number of fused-ring (bicyclic) bond motifs is 1. The molecule has 1 amide bonds. The highest BCUT2D eigenvalue weighted by molar-refractivity contribution is 5.76. The molecule has 7 nitrogen and oxygen atoms in total. The van der Waals surface area contributed by atoms with Gasteiger partial charge in [0.2, 0.25) is 11.9 Å². The highest BCUT2D eigenvalue weighted by atomic mass is 19.4. The maximum Gasteiger partial charge on any atom is 0.411 e. The molecule has 0 radical (unpaired) electrons. The number of carbonyl (C=O) groups excluding carboxylic acids is 1. The second-order valence-corrected chi connectivity index (χ2v) is 7.96. The van der Waals surface area contributed by atoms with Gasteiger partial charge >= 0.3 is 6.18 Å². The summed E-state index contributed by atoms with van der Waals surface area (Å²) >= 11 is 0. The number of ether oxygens (including phenoxy) is 1. The molecule has 0 spiro atoms. The van der Waals surface area contributed by atoms with Crippen molar-refractivity contribution in [2.75, 3.05) is 25.0 Å². The molecule has 0 saturated carbocycles. The fraction of sp³-hybridized carbons (Fsp3) is 0.833. The Morgan fingerprint density at radius 3 is 2.75 bits per heavy atom. The van der Waals surface area contributed by atoms with Crippen LogP contribution in [-0.2, 0) is 9.53 Å². The monoisotopic (exact) mass is 401 g/mol. The molecule has 1 aromatic rings. The molecule has 0 aromatic carbocycles. The van der Waals surface area contributed by atoms with Gasteiger partial charge in [0.25, 0.3) is 0 Å². The quantitative estimate of drug-likeness (QED) is 0.840. The zero-order valence-corrected chi connectivity index (χ0v) is 15.7. The Morgan fingerprint density at radius 2 is 2.07 bits per heavy atom. The highest BCUT2D eigenvalue weighted by Crippen LogP contribution is 2.41. The van der Waals surface area contributed by atoms with Gasteiger partial charge in [-0.25, -0.2) is 4.68 Å². The van der Waals surface area contributed by atoms with Crippen LogP contribution < -0.4 is 5.32 Å². The number of rotatable bonds is 4. The Bertz CT molecular complexity index is 681. The van der Waals surface area contributed by atoms with Crippen LogP contribution in [0.15, 0.2) is 6.33 Å². The maximum absolute atomic E-state index is 13.4. The van der Waals surface area contributed by atoms with Gasteiger partial charge in [-0.3, -0.25) is 4.79 Å². The molecular formula is C18H26F3N5O2. The van der Waals surface area contributed by atoms with Gasteiger partial charge in [-0.05, 0) is 44.4 Å². The van der Waals surface area contributed by atoms with Crippen molar-refractivity contribution < 1.29 is 22.7 Å². The summed E-state index contributed by atoms with van der Waals surface area (Å²) in [5, 5.41) is 6.86. The molecule has 0 unspecified atom stereocenters. The normalized spacial score (nSPS) is 28.8. The van der Waals surface area contributed by atoms with Crippen LogP contribution in [0.1, 0.15) is 51.0 Å². The third-order valence-electron chi connectivity index (χ3n) is 6.20. The number of amides is 1. The number of anilines is 1. The first-order chi connectivity index (χ1) is 13.4. The van der Waals surface area contributed by atoms with E-state index in [0.29, 0.717) is 32.4 Å². The second-order valence-electron chi connectivity index (χ2n) is 7.96. The minimum atomic E-state index is -4.36. The van der Waals surface area contributed by atoms with Gasteiger partial charge < -0.3 is 15.0 Å². The molecule has 156 valence electrons. The minimum Gasteiger partial charge on any atom is -0.378 e. The van der Waals surface area contributed by atoms with Crippen molar-refractivity contribution in [2.24, 2.45) is 5.92 Å². The number of halogens is 3. The zero-order valence-electron chi connectivity index (χ0n) is 15.7. The van der Waals surface area contributed by atoms with Crippen molar-refractivity contribution in [3.8, 4) is 0 Å². The summed E-state index contributed by atoms with van der Waals surface area (Å²) in [5.41, 5.74) is 0. The van der Waals surface area contributed by atoms with Crippen LogP contribution in [0.25, 0.3) is 0 Å².